The Morgan fingerprint density at radius 3 is 3.00 bits per heavy atom. The quantitative estimate of drug-likeness (QED) is 0.358. The zero-order valence-corrected chi connectivity index (χ0v) is 5.34. The fraction of sp³-hybridized carbons (Fsp3) is 0.500. The third-order valence-electron chi connectivity index (χ3n) is 0.406. The highest BCUT2D eigenvalue weighted by Crippen LogP contribution is 1.75. The van der Waals surface area contributed by atoms with Gasteiger partial charge in [0.15, 0.2) is 0 Å². The van der Waals surface area contributed by atoms with Crippen molar-refractivity contribution in [3.05, 3.63) is 0 Å². The number of carboxylic acid groups (broad SMARTS) is 1. The Kier molecular flexibility index (Phi) is 4.91. The number of nitrogens with zero attached hydrogens (tertiary/aromatic N) is 1. The third kappa shape index (κ3) is 7.23. The number of halogens is 1. The molecule has 1 N–H and O–H groups in total. The molecule has 0 amide bonds. The van der Waals surface area contributed by atoms with Crippen LogP contribution in [0.3, 0.4) is 0 Å². The summed E-state index contributed by atoms with van der Waals surface area (Å²) in [6, 6.07) is 0. The van der Waals surface area contributed by atoms with Crippen LogP contribution in [-0.2, 0) is 9.63 Å². The van der Waals surface area contributed by atoms with E-state index in [1.165, 1.54) is 6.21 Å². The first kappa shape index (κ1) is 8.23. The molecule has 0 saturated carbocycles. The Bertz CT molecular complexity index is 114. The van der Waals surface area contributed by atoms with Gasteiger partial charge in [0.2, 0.25) is 6.61 Å². The third-order valence-corrected chi connectivity index (χ3v) is 0.544. The van der Waals surface area contributed by atoms with Gasteiger partial charge in [0.05, 0.1) is 12.1 Å². The van der Waals surface area contributed by atoms with Crippen molar-refractivity contribution in [1.29, 1.82) is 0 Å². The number of hydrogen-bond acceptors (Lipinski definition) is 3. The monoisotopic (exact) mass is 151 g/mol. The lowest BCUT2D eigenvalue weighted by molar-refractivity contribution is -0.142. The lowest BCUT2D eigenvalue weighted by Crippen LogP contribution is -2.03. The van der Waals surface area contributed by atoms with Gasteiger partial charge in [-0.3, -0.25) is 0 Å². The van der Waals surface area contributed by atoms with Crippen LogP contribution < -0.4 is 0 Å². The highest BCUT2D eigenvalue weighted by Gasteiger charge is 1.91. The minimum Gasteiger partial charge on any atom is -0.479 e. The van der Waals surface area contributed by atoms with Crippen LogP contribution in [0.2, 0.25) is 0 Å². The second-order valence-electron chi connectivity index (χ2n) is 1.11. The second kappa shape index (κ2) is 5.37. The molecule has 0 bridgehead atoms. The average molecular weight is 152 g/mol. The number of alkyl halides is 1. The molecule has 52 valence electrons. The maximum atomic E-state index is 9.73. The molecule has 5 heteroatoms. The minimum absolute atomic E-state index is 0.222. The van der Waals surface area contributed by atoms with E-state index >= 15 is 0 Å². The molecule has 0 aliphatic rings. The fourth-order valence-electron chi connectivity index (χ4n) is 0.173. The van der Waals surface area contributed by atoms with Gasteiger partial charge in [-0.15, -0.1) is 11.6 Å². The molecule has 0 aromatic carbocycles. The molecule has 0 fully saturated rings. The molecule has 0 aliphatic heterocycles. The van der Waals surface area contributed by atoms with Crippen molar-refractivity contribution in [1.82, 2.24) is 0 Å². The van der Waals surface area contributed by atoms with Gasteiger partial charge in [0, 0.05) is 0 Å². The van der Waals surface area contributed by atoms with Crippen molar-refractivity contribution in [3.63, 3.8) is 0 Å². The molecule has 0 aliphatic carbocycles. The van der Waals surface area contributed by atoms with E-state index in [9.17, 15) is 4.79 Å². The molecule has 0 aromatic heterocycles. The van der Waals surface area contributed by atoms with Gasteiger partial charge in [-0.05, 0) is 0 Å². The summed E-state index contributed by atoms with van der Waals surface area (Å²) in [4.78, 5) is 14.0. The number of aliphatic carboxylic acids is 1. The van der Waals surface area contributed by atoms with Crippen LogP contribution in [0.5, 0.6) is 0 Å². The molecule has 0 heterocycles. The normalized spacial score (nSPS) is 9.89. The number of rotatable bonds is 4. The van der Waals surface area contributed by atoms with Crippen molar-refractivity contribution in [2.45, 2.75) is 0 Å². The van der Waals surface area contributed by atoms with E-state index in [4.69, 9.17) is 16.7 Å². The highest BCUT2D eigenvalue weighted by atomic mass is 35.5. The molecular weight excluding hydrogens is 146 g/mol. The Hall–Kier alpha value is -0.770. The van der Waals surface area contributed by atoms with E-state index < -0.39 is 12.6 Å². The van der Waals surface area contributed by atoms with E-state index in [1.54, 1.807) is 0 Å². The van der Waals surface area contributed by atoms with Gasteiger partial charge in [-0.2, -0.15) is 0 Å². The van der Waals surface area contributed by atoms with E-state index in [0.717, 1.165) is 0 Å². The summed E-state index contributed by atoms with van der Waals surface area (Å²) in [5, 5.41) is 11.2. The molecule has 0 atom stereocenters. The highest BCUT2D eigenvalue weighted by molar-refractivity contribution is 6.24. The van der Waals surface area contributed by atoms with Crippen molar-refractivity contribution >= 4 is 23.8 Å². The van der Waals surface area contributed by atoms with Crippen molar-refractivity contribution in [2.75, 3.05) is 12.5 Å². The second-order valence-corrected chi connectivity index (χ2v) is 1.42. The summed E-state index contributed by atoms with van der Waals surface area (Å²) >= 11 is 5.14. The van der Waals surface area contributed by atoms with Crippen LogP contribution in [0.15, 0.2) is 5.16 Å². The zero-order valence-electron chi connectivity index (χ0n) is 4.58. The van der Waals surface area contributed by atoms with Crippen LogP contribution in [0.1, 0.15) is 0 Å². The van der Waals surface area contributed by atoms with Gasteiger partial charge in [0.25, 0.3) is 0 Å². The summed E-state index contributed by atoms with van der Waals surface area (Å²) in [5.41, 5.74) is 0. The standard InChI is InChI=1S/C4H6ClNO3/c5-1-2-6-9-3-4(7)8/h2H,1,3H2,(H,7,8). The van der Waals surface area contributed by atoms with Gasteiger partial charge in [-0.1, -0.05) is 5.16 Å². The molecule has 0 saturated heterocycles. The van der Waals surface area contributed by atoms with E-state index in [2.05, 4.69) is 9.99 Å². The number of hydrogen-bond donors (Lipinski definition) is 1. The number of oxime groups is 1. The molecule has 0 rings (SSSR count). The van der Waals surface area contributed by atoms with E-state index in [1.807, 2.05) is 0 Å². The summed E-state index contributed by atoms with van der Waals surface area (Å²) < 4.78 is 0. The smallest absolute Gasteiger partial charge is 0.344 e. The van der Waals surface area contributed by atoms with Crippen molar-refractivity contribution in [3.8, 4) is 0 Å². The summed E-state index contributed by atoms with van der Waals surface area (Å²) in [6.07, 6.45) is 1.27. The first-order valence-electron chi connectivity index (χ1n) is 2.19. The lowest BCUT2D eigenvalue weighted by atomic mass is 10.8. The zero-order chi connectivity index (χ0) is 7.11. The topological polar surface area (TPSA) is 58.9 Å². The molecule has 4 nitrogen and oxygen atoms in total. The maximum absolute atomic E-state index is 9.73. The Morgan fingerprint density at radius 1 is 1.89 bits per heavy atom. The predicted octanol–water partition coefficient (Wildman–Crippen LogP) is 0.312. The molecule has 0 aromatic rings. The van der Waals surface area contributed by atoms with Crippen LogP contribution in [0, 0.1) is 0 Å². The van der Waals surface area contributed by atoms with Crippen molar-refractivity contribution in [2.24, 2.45) is 5.16 Å². The predicted molar refractivity (Wildman–Crippen MR) is 32.8 cm³/mol. The Labute approximate surface area is 57.1 Å². The SMILES string of the molecule is O=C(O)CON=CCCl. The van der Waals surface area contributed by atoms with E-state index in [-0.39, 0.29) is 5.88 Å². The van der Waals surface area contributed by atoms with Crippen molar-refractivity contribution < 1.29 is 14.7 Å². The number of carbonyl (C=O) groups is 1. The first-order valence-corrected chi connectivity index (χ1v) is 2.72. The Balaban J connectivity index is 3.09. The molecule has 0 radical (unpaired) electrons. The molecular formula is C4H6ClNO3. The van der Waals surface area contributed by atoms with Crippen LogP contribution in [-0.4, -0.2) is 29.8 Å². The van der Waals surface area contributed by atoms with Crippen LogP contribution in [0.25, 0.3) is 0 Å². The molecule has 9 heavy (non-hydrogen) atoms. The van der Waals surface area contributed by atoms with Gasteiger partial charge >= 0.3 is 5.97 Å². The van der Waals surface area contributed by atoms with Crippen LogP contribution in [0.4, 0.5) is 0 Å². The van der Waals surface area contributed by atoms with Gasteiger partial charge in [-0.25, -0.2) is 4.79 Å². The fourth-order valence-corrected chi connectivity index (χ4v) is 0.230. The average Bonchev–Trinajstić information content (AvgIpc) is 1.80. The lowest BCUT2D eigenvalue weighted by Gasteiger charge is -1.89. The van der Waals surface area contributed by atoms with Gasteiger partial charge in [0.1, 0.15) is 0 Å². The molecule has 0 spiro atoms. The first-order chi connectivity index (χ1) is 4.27. The van der Waals surface area contributed by atoms with Gasteiger partial charge < -0.3 is 9.94 Å². The molecule has 0 unspecified atom stereocenters. The minimum atomic E-state index is -1.05. The van der Waals surface area contributed by atoms with E-state index in [0.29, 0.717) is 0 Å². The summed E-state index contributed by atoms with van der Waals surface area (Å²) in [7, 11) is 0. The maximum Gasteiger partial charge on any atom is 0.344 e. The summed E-state index contributed by atoms with van der Waals surface area (Å²) in [6.45, 7) is -0.423. The number of carboxylic acids is 1. The largest absolute Gasteiger partial charge is 0.479 e. The summed E-state index contributed by atoms with van der Waals surface area (Å²) in [5.74, 6) is -0.832. The Morgan fingerprint density at radius 2 is 2.56 bits per heavy atom. The van der Waals surface area contributed by atoms with Crippen LogP contribution >= 0.6 is 11.6 Å².